The lowest BCUT2D eigenvalue weighted by Crippen LogP contribution is -2.07. The molecular weight excluding hydrogens is 150 g/mol. The minimum Gasteiger partial charge on any atom is -0.393 e. The molecule has 0 aliphatic heterocycles. The van der Waals surface area contributed by atoms with Crippen molar-refractivity contribution in [3.05, 3.63) is 12.2 Å². The molecule has 1 aliphatic carbocycles. The van der Waals surface area contributed by atoms with Gasteiger partial charge in [-0.3, -0.25) is 0 Å². The monoisotopic (exact) mass is 165 g/mol. The Kier molecular flexibility index (Phi) is 2.25. The first-order chi connectivity index (χ1) is 5.51. The van der Waals surface area contributed by atoms with E-state index in [2.05, 4.69) is 13.8 Å². The number of nitrogens with zero attached hydrogens (tertiary/aromatic N) is 1. The van der Waals surface area contributed by atoms with Crippen LogP contribution in [0.25, 0.3) is 0 Å². The van der Waals surface area contributed by atoms with E-state index in [1.807, 2.05) is 19.1 Å². The van der Waals surface area contributed by atoms with Crippen LogP contribution in [0.15, 0.2) is 12.2 Å². The van der Waals surface area contributed by atoms with Gasteiger partial charge in [-0.2, -0.15) is 5.26 Å². The van der Waals surface area contributed by atoms with Gasteiger partial charge in [-0.25, -0.2) is 0 Å². The van der Waals surface area contributed by atoms with Crippen LogP contribution in [0, 0.1) is 28.6 Å². The Hall–Kier alpha value is -0.810. The number of nitriles is 1. The Morgan fingerprint density at radius 3 is 2.50 bits per heavy atom. The van der Waals surface area contributed by atoms with Crippen molar-refractivity contribution in [1.29, 1.82) is 5.26 Å². The zero-order valence-corrected chi connectivity index (χ0v) is 7.78. The summed E-state index contributed by atoms with van der Waals surface area (Å²) in [5, 5.41) is 17.7. The summed E-state index contributed by atoms with van der Waals surface area (Å²) >= 11 is 0. The van der Waals surface area contributed by atoms with Gasteiger partial charge in [0, 0.05) is 6.08 Å². The Bertz CT molecular complexity index is 235. The fourth-order valence-electron chi connectivity index (χ4n) is 2.15. The van der Waals surface area contributed by atoms with Gasteiger partial charge in [0.1, 0.15) is 0 Å². The summed E-state index contributed by atoms with van der Waals surface area (Å²) in [5.41, 5.74) is 0.168. The van der Waals surface area contributed by atoms with E-state index in [4.69, 9.17) is 5.26 Å². The minimum atomic E-state index is -0.270. The Balaban J connectivity index is 2.62. The lowest BCUT2D eigenvalue weighted by molar-refractivity contribution is 0.154. The van der Waals surface area contributed by atoms with Crippen LogP contribution in [0.5, 0.6) is 0 Å². The van der Waals surface area contributed by atoms with E-state index >= 15 is 0 Å². The molecule has 2 heteroatoms. The number of hydrogen-bond donors (Lipinski definition) is 1. The molecule has 12 heavy (non-hydrogen) atoms. The summed E-state index contributed by atoms with van der Waals surface area (Å²) < 4.78 is 0. The van der Waals surface area contributed by atoms with Gasteiger partial charge in [-0.1, -0.05) is 19.9 Å². The van der Waals surface area contributed by atoms with Crippen LogP contribution in [-0.2, 0) is 0 Å². The Labute approximate surface area is 73.5 Å². The molecular formula is C10H15NO. The second-order valence-corrected chi connectivity index (χ2v) is 4.10. The molecule has 0 aromatic heterocycles. The normalized spacial score (nSPS) is 34.6. The Morgan fingerprint density at radius 2 is 2.17 bits per heavy atom. The smallest absolute Gasteiger partial charge is 0.0908 e. The summed E-state index contributed by atoms with van der Waals surface area (Å²) in [6, 6.07) is 1.97. The van der Waals surface area contributed by atoms with Gasteiger partial charge in [-0.05, 0) is 24.2 Å². The summed E-state index contributed by atoms with van der Waals surface area (Å²) in [5.74, 6) is 0.694. The molecule has 1 aliphatic rings. The van der Waals surface area contributed by atoms with Gasteiger partial charge in [-0.15, -0.1) is 0 Å². The maximum absolute atomic E-state index is 9.38. The van der Waals surface area contributed by atoms with Crippen molar-refractivity contribution >= 4 is 0 Å². The first-order valence-electron chi connectivity index (χ1n) is 4.26. The second-order valence-electron chi connectivity index (χ2n) is 4.10. The van der Waals surface area contributed by atoms with Crippen LogP contribution in [0.1, 0.15) is 20.8 Å². The van der Waals surface area contributed by atoms with Gasteiger partial charge < -0.3 is 5.11 Å². The molecule has 0 bridgehead atoms. The van der Waals surface area contributed by atoms with Crippen molar-refractivity contribution in [1.82, 2.24) is 0 Å². The van der Waals surface area contributed by atoms with Crippen molar-refractivity contribution in [3.63, 3.8) is 0 Å². The first-order valence-corrected chi connectivity index (χ1v) is 4.26. The molecule has 1 saturated carbocycles. The number of allylic oxidation sites excluding steroid dienone is 2. The SMILES string of the molecule is CC(O)C1C(/C=C\C#N)C1(C)C. The molecule has 3 unspecified atom stereocenters. The number of hydrogen-bond acceptors (Lipinski definition) is 2. The number of aliphatic hydroxyl groups is 1. The third kappa shape index (κ3) is 1.37. The molecule has 2 nitrogen and oxygen atoms in total. The molecule has 1 N–H and O–H groups in total. The molecule has 0 heterocycles. The zero-order valence-electron chi connectivity index (χ0n) is 7.78. The van der Waals surface area contributed by atoms with E-state index in [1.54, 1.807) is 0 Å². The van der Waals surface area contributed by atoms with Crippen molar-refractivity contribution < 1.29 is 5.11 Å². The molecule has 0 spiro atoms. The fourth-order valence-corrected chi connectivity index (χ4v) is 2.15. The summed E-state index contributed by atoms with van der Waals surface area (Å²) in [4.78, 5) is 0. The van der Waals surface area contributed by atoms with Gasteiger partial charge in [0.2, 0.25) is 0 Å². The van der Waals surface area contributed by atoms with Gasteiger partial charge in [0.05, 0.1) is 12.2 Å². The number of rotatable bonds is 2. The van der Waals surface area contributed by atoms with Crippen LogP contribution >= 0.6 is 0 Å². The first kappa shape index (κ1) is 9.28. The van der Waals surface area contributed by atoms with Crippen LogP contribution in [0.4, 0.5) is 0 Å². The van der Waals surface area contributed by atoms with E-state index in [9.17, 15) is 5.11 Å². The predicted octanol–water partition coefficient (Wildman–Crippen LogP) is 1.72. The van der Waals surface area contributed by atoms with Crippen molar-refractivity contribution in [2.45, 2.75) is 26.9 Å². The van der Waals surface area contributed by atoms with Crippen LogP contribution in [-0.4, -0.2) is 11.2 Å². The fraction of sp³-hybridized carbons (Fsp3) is 0.700. The van der Waals surface area contributed by atoms with Gasteiger partial charge in [0.25, 0.3) is 0 Å². The highest BCUT2D eigenvalue weighted by Gasteiger charge is 2.58. The van der Waals surface area contributed by atoms with Crippen LogP contribution in [0.3, 0.4) is 0 Å². The van der Waals surface area contributed by atoms with E-state index in [0.29, 0.717) is 11.8 Å². The van der Waals surface area contributed by atoms with E-state index in [1.165, 1.54) is 6.08 Å². The quantitative estimate of drug-likeness (QED) is 0.633. The lowest BCUT2D eigenvalue weighted by Gasteiger charge is -2.03. The molecule has 0 aromatic rings. The van der Waals surface area contributed by atoms with Gasteiger partial charge >= 0.3 is 0 Å². The summed E-state index contributed by atoms with van der Waals surface area (Å²) in [7, 11) is 0. The number of aliphatic hydroxyl groups excluding tert-OH is 1. The molecule has 0 amide bonds. The summed E-state index contributed by atoms with van der Waals surface area (Å²) in [6.45, 7) is 6.06. The molecule has 0 aromatic carbocycles. The maximum atomic E-state index is 9.38. The average Bonchev–Trinajstić information content (AvgIpc) is 2.49. The van der Waals surface area contributed by atoms with E-state index < -0.39 is 0 Å². The largest absolute Gasteiger partial charge is 0.393 e. The van der Waals surface area contributed by atoms with Crippen molar-refractivity contribution in [2.75, 3.05) is 0 Å². The highest BCUT2D eigenvalue weighted by atomic mass is 16.3. The predicted molar refractivity (Wildman–Crippen MR) is 47.2 cm³/mol. The van der Waals surface area contributed by atoms with Crippen molar-refractivity contribution in [3.8, 4) is 6.07 Å². The molecule has 66 valence electrons. The lowest BCUT2D eigenvalue weighted by atomic mass is 10.1. The van der Waals surface area contributed by atoms with E-state index in [0.717, 1.165) is 0 Å². The summed E-state index contributed by atoms with van der Waals surface area (Å²) in [6.07, 6.45) is 3.14. The topological polar surface area (TPSA) is 44.0 Å². The Morgan fingerprint density at radius 1 is 1.58 bits per heavy atom. The molecule has 3 atom stereocenters. The highest BCUT2D eigenvalue weighted by molar-refractivity contribution is 5.19. The molecule has 1 rings (SSSR count). The molecule has 0 radical (unpaired) electrons. The molecule has 0 saturated heterocycles. The van der Waals surface area contributed by atoms with E-state index in [-0.39, 0.29) is 11.5 Å². The van der Waals surface area contributed by atoms with Crippen LogP contribution < -0.4 is 0 Å². The molecule has 1 fully saturated rings. The third-order valence-corrected chi connectivity index (χ3v) is 2.89. The maximum Gasteiger partial charge on any atom is 0.0908 e. The second kappa shape index (κ2) is 2.91. The minimum absolute atomic E-state index is 0.168. The van der Waals surface area contributed by atoms with Crippen molar-refractivity contribution in [2.24, 2.45) is 17.3 Å². The standard InChI is InChI=1S/C10H15NO/c1-7(12)9-8(5-4-6-11)10(9,2)3/h4-5,7-9,12H,1-3H3/b5-4-. The third-order valence-electron chi connectivity index (χ3n) is 2.89. The average molecular weight is 165 g/mol. The van der Waals surface area contributed by atoms with Crippen LogP contribution in [0.2, 0.25) is 0 Å². The zero-order chi connectivity index (χ0) is 9.35. The van der Waals surface area contributed by atoms with Gasteiger partial charge in [0.15, 0.2) is 0 Å². The highest BCUT2D eigenvalue weighted by Crippen LogP contribution is 2.60.